The molecule has 1 aromatic carbocycles. The topological polar surface area (TPSA) is 79.8 Å². The van der Waals surface area contributed by atoms with Gasteiger partial charge in [-0.1, -0.05) is 12.1 Å². The van der Waals surface area contributed by atoms with Crippen molar-refractivity contribution >= 4 is 13.6 Å². The molecule has 3 fully saturated rings. The van der Waals surface area contributed by atoms with Crippen LogP contribution in [0.15, 0.2) is 24.3 Å². The van der Waals surface area contributed by atoms with Crippen LogP contribution in [-0.4, -0.2) is 51.1 Å². The molecule has 0 spiro atoms. The van der Waals surface area contributed by atoms with Gasteiger partial charge in [-0.05, 0) is 88.1 Å². The van der Waals surface area contributed by atoms with E-state index in [1.165, 1.54) is 5.56 Å². The Kier molecular flexibility index (Phi) is 7.15. The summed E-state index contributed by atoms with van der Waals surface area (Å²) in [6.45, 7) is 0.822. The van der Waals surface area contributed by atoms with E-state index in [0.29, 0.717) is 19.7 Å². The van der Waals surface area contributed by atoms with E-state index >= 15 is 0 Å². The molecule has 1 amide bonds. The van der Waals surface area contributed by atoms with Crippen LogP contribution in [0.3, 0.4) is 0 Å². The summed E-state index contributed by atoms with van der Waals surface area (Å²) >= 11 is 0. The highest BCUT2D eigenvalue weighted by Gasteiger charge is 2.49. The fourth-order valence-corrected chi connectivity index (χ4v) is 4.81. The summed E-state index contributed by atoms with van der Waals surface area (Å²) in [6.07, 6.45) is 7.73. The Hall–Kier alpha value is -1.41. The summed E-state index contributed by atoms with van der Waals surface area (Å²) in [5.41, 5.74) is 2.28. The van der Waals surface area contributed by atoms with E-state index in [2.05, 4.69) is 22.8 Å². The van der Waals surface area contributed by atoms with Gasteiger partial charge in [-0.15, -0.1) is 0 Å². The fourth-order valence-electron chi connectivity index (χ4n) is 4.81. The fraction of sp³-hybridized carbons (Fsp3) is 0.667. The minimum atomic E-state index is -0.539. The number of rotatable bonds is 10. The van der Waals surface area contributed by atoms with E-state index in [4.69, 9.17) is 14.4 Å². The third kappa shape index (κ3) is 4.59. The van der Waals surface area contributed by atoms with E-state index in [-0.39, 0.29) is 16.9 Å². The van der Waals surface area contributed by atoms with E-state index in [0.717, 1.165) is 51.5 Å². The van der Waals surface area contributed by atoms with Crippen molar-refractivity contribution in [3.63, 3.8) is 0 Å². The minimum Gasteiger partial charge on any atom is -0.429 e. The number of benzene rings is 1. The van der Waals surface area contributed by atoms with Crippen LogP contribution in [0.1, 0.15) is 67.3 Å². The Balaban J connectivity index is 1.61. The van der Waals surface area contributed by atoms with Gasteiger partial charge >= 0.3 is 7.69 Å². The number of hydrogen-bond acceptors (Lipinski definition) is 5. The number of ether oxygens (including phenoxy) is 1. The SMILES string of the molecule is CNCCC[C@H](NC(=O)c1ccc(C23CCC(OC)(CC2)CC3)cc1)O[B]O. The molecular formula is C21H32BN2O4. The number of fused-ring (bicyclic) bond motifs is 3. The minimum absolute atomic E-state index is 0.105. The van der Waals surface area contributed by atoms with Crippen molar-refractivity contribution in [2.75, 3.05) is 20.7 Å². The smallest absolute Gasteiger partial charge is 0.429 e. The summed E-state index contributed by atoms with van der Waals surface area (Å²) in [7, 11) is 4.36. The highest BCUT2D eigenvalue weighted by molar-refractivity contribution is 6.16. The molecule has 0 unspecified atom stereocenters. The van der Waals surface area contributed by atoms with Crippen molar-refractivity contribution in [1.29, 1.82) is 0 Å². The molecule has 2 bridgehead atoms. The average Bonchev–Trinajstić information content (AvgIpc) is 2.75. The predicted molar refractivity (Wildman–Crippen MR) is 109 cm³/mol. The monoisotopic (exact) mass is 387 g/mol. The first kappa shape index (κ1) is 21.3. The molecule has 1 atom stereocenters. The summed E-state index contributed by atoms with van der Waals surface area (Å²) in [5, 5.41) is 14.8. The zero-order valence-corrected chi connectivity index (χ0v) is 17.0. The third-order valence-electron chi connectivity index (χ3n) is 6.78. The lowest BCUT2D eigenvalue weighted by Crippen LogP contribution is -2.49. The number of amides is 1. The molecule has 7 heteroatoms. The van der Waals surface area contributed by atoms with E-state index in [1.807, 2.05) is 26.3 Å². The normalized spacial score (nSPS) is 27.4. The quantitative estimate of drug-likeness (QED) is 0.326. The number of carbonyl (C=O) groups excluding carboxylic acids is 1. The molecular weight excluding hydrogens is 355 g/mol. The molecule has 3 aliphatic rings. The molecule has 28 heavy (non-hydrogen) atoms. The second-order valence-electron chi connectivity index (χ2n) is 8.19. The van der Waals surface area contributed by atoms with Crippen molar-refractivity contribution in [1.82, 2.24) is 10.6 Å². The van der Waals surface area contributed by atoms with Crippen LogP contribution in [0.25, 0.3) is 0 Å². The van der Waals surface area contributed by atoms with Crippen molar-refractivity contribution < 1.29 is 19.2 Å². The van der Waals surface area contributed by atoms with Gasteiger partial charge in [0.25, 0.3) is 5.91 Å². The second kappa shape index (κ2) is 9.40. The van der Waals surface area contributed by atoms with Crippen LogP contribution in [0.4, 0.5) is 0 Å². The van der Waals surface area contributed by atoms with E-state index < -0.39 is 6.23 Å². The molecule has 0 aliphatic heterocycles. The molecule has 3 saturated carbocycles. The molecule has 6 nitrogen and oxygen atoms in total. The van der Waals surface area contributed by atoms with Gasteiger partial charge in [0, 0.05) is 12.7 Å². The lowest BCUT2D eigenvalue weighted by Gasteiger charge is -2.53. The van der Waals surface area contributed by atoms with Gasteiger partial charge in [0.2, 0.25) is 0 Å². The molecule has 3 aliphatic carbocycles. The average molecular weight is 387 g/mol. The van der Waals surface area contributed by atoms with Gasteiger partial charge in [-0.2, -0.15) is 0 Å². The van der Waals surface area contributed by atoms with Gasteiger partial charge in [-0.25, -0.2) is 0 Å². The van der Waals surface area contributed by atoms with Crippen LogP contribution in [-0.2, 0) is 14.8 Å². The number of nitrogens with one attached hydrogen (secondary N) is 2. The van der Waals surface area contributed by atoms with Crippen LogP contribution in [0.5, 0.6) is 0 Å². The maximum Gasteiger partial charge on any atom is 0.486 e. The third-order valence-corrected chi connectivity index (χ3v) is 6.78. The molecule has 4 rings (SSSR count). The molecule has 0 saturated heterocycles. The van der Waals surface area contributed by atoms with Gasteiger partial charge < -0.3 is 25.0 Å². The Morgan fingerprint density at radius 2 is 1.82 bits per heavy atom. The van der Waals surface area contributed by atoms with Gasteiger partial charge in [0.05, 0.1) is 5.60 Å². The lowest BCUT2D eigenvalue weighted by molar-refractivity contribution is -0.0955. The first-order chi connectivity index (χ1) is 13.6. The van der Waals surface area contributed by atoms with E-state index in [1.54, 1.807) is 0 Å². The van der Waals surface area contributed by atoms with Gasteiger partial charge in [-0.3, -0.25) is 4.79 Å². The van der Waals surface area contributed by atoms with E-state index in [9.17, 15) is 4.79 Å². The number of carbonyl (C=O) groups is 1. The molecule has 1 aromatic rings. The Morgan fingerprint density at radius 1 is 1.18 bits per heavy atom. The predicted octanol–water partition coefficient (Wildman–Crippen LogP) is 2.28. The summed E-state index contributed by atoms with van der Waals surface area (Å²) in [5.74, 6) is -0.189. The summed E-state index contributed by atoms with van der Waals surface area (Å²) in [4.78, 5) is 12.6. The molecule has 153 valence electrons. The molecule has 0 aromatic heterocycles. The number of methoxy groups -OCH3 is 1. The zero-order valence-electron chi connectivity index (χ0n) is 17.0. The largest absolute Gasteiger partial charge is 0.486 e. The Morgan fingerprint density at radius 3 is 2.36 bits per heavy atom. The number of hydrogen-bond donors (Lipinski definition) is 3. The maximum absolute atomic E-state index is 12.6. The van der Waals surface area contributed by atoms with Crippen molar-refractivity contribution in [3.05, 3.63) is 35.4 Å². The van der Waals surface area contributed by atoms with Crippen molar-refractivity contribution in [2.45, 2.75) is 68.6 Å². The molecule has 0 heterocycles. The van der Waals surface area contributed by atoms with Crippen molar-refractivity contribution in [3.8, 4) is 0 Å². The van der Waals surface area contributed by atoms with Crippen LogP contribution in [0, 0.1) is 0 Å². The Bertz CT molecular complexity index is 628. The van der Waals surface area contributed by atoms with Gasteiger partial charge in [0.1, 0.15) is 6.23 Å². The van der Waals surface area contributed by atoms with Crippen LogP contribution in [0.2, 0.25) is 0 Å². The lowest BCUT2D eigenvalue weighted by atomic mass is 9.56. The summed E-state index contributed by atoms with van der Waals surface area (Å²) in [6, 6.07) is 8.02. The highest BCUT2D eigenvalue weighted by Crippen LogP contribution is 2.54. The first-order valence-corrected chi connectivity index (χ1v) is 10.3. The molecule has 3 N–H and O–H groups in total. The Labute approximate surface area is 168 Å². The van der Waals surface area contributed by atoms with Crippen LogP contribution < -0.4 is 10.6 Å². The van der Waals surface area contributed by atoms with Crippen LogP contribution >= 0.6 is 0 Å². The second-order valence-corrected chi connectivity index (χ2v) is 8.19. The maximum atomic E-state index is 12.6. The first-order valence-electron chi connectivity index (χ1n) is 10.3. The van der Waals surface area contributed by atoms with Gasteiger partial charge in [0.15, 0.2) is 0 Å². The molecule has 1 radical (unpaired) electrons. The summed E-state index contributed by atoms with van der Waals surface area (Å²) < 4.78 is 10.9. The zero-order chi connectivity index (χ0) is 20.0. The standard InChI is InChI=1S/C21H32BN2O4/c1-23-15-3-4-18(28-22-26)24-19(25)16-5-7-17(8-6-16)20-9-12-21(27-2,13-10-20)14-11-20/h5-8,18,23,26H,3-4,9-15H2,1-2H3,(H,24,25)/t18-,20?,21?/m1/s1. The van der Waals surface area contributed by atoms with Crippen molar-refractivity contribution in [2.24, 2.45) is 0 Å². The highest BCUT2D eigenvalue weighted by atomic mass is 16.5.